The predicted molar refractivity (Wildman–Crippen MR) is 138 cm³/mol. The predicted octanol–water partition coefficient (Wildman–Crippen LogP) is 5.56. The van der Waals surface area contributed by atoms with E-state index in [1.165, 1.54) is 24.3 Å². The topological polar surface area (TPSA) is 18.5 Å². The van der Waals surface area contributed by atoms with E-state index in [9.17, 15) is 17.6 Å². The summed E-state index contributed by atoms with van der Waals surface area (Å²) >= 11 is 0. The van der Waals surface area contributed by atoms with Gasteiger partial charge in [0.2, 0.25) is 11.6 Å². The molecule has 0 aromatic heterocycles. The minimum absolute atomic E-state index is 0. The molecule has 0 radical (unpaired) electrons. The van der Waals surface area contributed by atoms with E-state index in [-0.39, 0.29) is 59.0 Å². The van der Waals surface area contributed by atoms with Crippen LogP contribution in [0.1, 0.15) is 85.7 Å². The minimum atomic E-state index is -1.02. The van der Waals surface area contributed by atoms with Gasteiger partial charge < -0.3 is 10.9 Å². The van der Waals surface area contributed by atoms with Crippen LogP contribution in [0, 0.1) is 52.9 Å². The van der Waals surface area contributed by atoms with Crippen LogP contribution in [0.5, 0.6) is 11.5 Å². The van der Waals surface area contributed by atoms with Gasteiger partial charge in [0.05, 0.1) is 24.3 Å². The van der Waals surface area contributed by atoms with Crippen molar-refractivity contribution in [3.8, 4) is 35.7 Å². The first kappa shape index (κ1) is 34.9. The second kappa shape index (κ2) is 18.2. The summed E-state index contributed by atoms with van der Waals surface area (Å²) in [6.07, 6.45) is 10.8. The monoisotopic (exact) mass is 528 g/mol. The smallest absolute Gasteiger partial charge is 1.00 e. The fourth-order valence-corrected chi connectivity index (χ4v) is 2.82. The van der Waals surface area contributed by atoms with Crippen LogP contribution in [0.4, 0.5) is 17.6 Å². The van der Waals surface area contributed by atoms with Crippen LogP contribution >= 0.6 is 0 Å². The number of ether oxygens (including phenoxy) is 2. The van der Waals surface area contributed by atoms with E-state index in [4.69, 9.17) is 15.9 Å². The van der Waals surface area contributed by atoms with Gasteiger partial charge in [-0.2, -0.15) is 8.78 Å². The Morgan fingerprint density at radius 3 is 1.57 bits per heavy atom. The van der Waals surface area contributed by atoms with Crippen molar-refractivity contribution in [1.82, 2.24) is 0 Å². The maximum Gasteiger partial charge on any atom is 1.00 e. The zero-order chi connectivity index (χ0) is 27.1. The molecule has 0 saturated heterocycles. The van der Waals surface area contributed by atoms with Crippen molar-refractivity contribution < 1.29 is 58.0 Å². The number of hydrogen-bond donors (Lipinski definition) is 0. The molecule has 37 heavy (non-hydrogen) atoms. The Morgan fingerprint density at radius 1 is 0.730 bits per heavy atom. The number of rotatable bonds is 10. The van der Waals surface area contributed by atoms with E-state index < -0.39 is 23.3 Å². The number of hydrogen-bond acceptors (Lipinski definition) is 2. The van der Waals surface area contributed by atoms with Crippen molar-refractivity contribution in [3.05, 3.63) is 58.7 Å². The molecular formula is C30H37F4NaO2. The Hall–Kier alpha value is -2.12. The Balaban J connectivity index is 0. The van der Waals surface area contributed by atoms with Crippen LogP contribution in [0.2, 0.25) is 0 Å². The molecule has 0 fully saturated rings. The molecule has 2 rings (SSSR count). The van der Waals surface area contributed by atoms with Crippen molar-refractivity contribution in [2.45, 2.75) is 73.1 Å². The van der Waals surface area contributed by atoms with Crippen molar-refractivity contribution >= 4 is 0 Å². The first-order valence-electron chi connectivity index (χ1n) is 12.3. The van der Waals surface area contributed by atoms with Crippen LogP contribution in [0.3, 0.4) is 0 Å². The molecule has 0 aliphatic heterocycles. The summed E-state index contributed by atoms with van der Waals surface area (Å²) in [5.74, 6) is 3.60. The Kier molecular flexibility index (Phi) is 17.1. The molecular weight excluding hydrogens is 491 g/mol. The van der Waals surface area contributed by atoms with Gasteiger partial charge >= 0.3 is 29.6 Å². The second-order valence-electron chi connectivity index (χ2n) is 9.23. The summed E-state index contributed by atoms with van der Waals surface area (Å²) in [4.78, 5) is 0. The maximum absolute atomic E-state index is 13.9. The minimum Gasteiger partial charge on any atom is -1.00 e. The van der Waals surface area contributed by atoms with Crippen LogP contribution in [-0.2, 0) is 0 Å². The molecule has 0 amide bonds. The maximum atomic E-state index is 13.9. The summed E-state index contributed by atoms with van der Waals surface area (Å²) < 4.78 is 64.7. The molecule has 198 valence electrons. The van der Waals surface area contributed by atoms with Gasteiger partial charge in [-0.3, -0.25) is 0 Å². The molecule has 0 aliphatic rings. The molecule has 2 nitrogen and oxygen atoms in total. The van der Waals surface area contributed by atoms with Crippen molar-refractivity contribution in [1.29, 1.82) is 0 Å². The quantitative estimate of drug-likeness (QED) is 0.174. The molecule has 2 aromatic carbocycles. The van der Waals surface area contributed by atoms with E-state index in [0.29, 0.717) is 13.2 Å². The van der Waals surface area contributed by atoms with Crippen LogP contribution < -0.4 is 39.0 Å². The normalized spacial score (nSPS) is 10.2. The fourth-order valence-electron chi connectivity index (χ4n) is 2.82. The van der Waals surface area contributed by atoms with Gasteiger partial charge in [0.25, 0.3) is 0 Å². The molecule has 2 aromatic rings. The molecule has 0 spiro atoms. The van der Waals surface area contributed by atoms with E-state index >= 15 is 0 Å². The molecule has 0 N–H and O–H groups in total. The zero-order valence-electron chi connectivity index (χ0n) is 23.9. The van der Waals surface area contributed by atoms with Gasteiger partial charge in [0, 0.05) is 5.41 Å². The van der Waals surface area contributed by atoms with Crippen molar-refractivity contribution in [2.75, 3.05) is 13.2 Å². The fraction of sp³-hybridized carbons (Fsp3) is 0.467. The molecule has 7 heteroatoms. The average Bonchev–Trinajstić information content (AvgIpc) is 2.84. The van der Waals surface area contributed by atoms with Gasteiger partial charge in [-0.25, -0.2) is 8.78 Å². The number of terminal acetylenes is 1. The zero-order valence-corrected chi connectivity index (χ0v) is 24.9. The van der Waals surface area contributed by atoms with Crippen LogP contribution in [0.25, 0.3) is 0 Å². The largest absolute Gasteiger partial charge is 1.00 e. The third-order valence-electron chi connectivity index (χ3n) is 4.83. The third kappa shape index (κ3) is 12.8. The molecule has 0 heterocycles. The van der Waals surface area contributed by atoms with Gasteiger partial charge in [0.15, 0.2) is 23.1 Å². The molecule has 0 unspecified atom stereocenters. The summed E-state index contributed by atoms with van der Waals surface area (Å²) in [7, 11) is 0. The number of unbranched alkanes of at least 4 members (excludes halogenated alkanes) is 4. The van der Waals surface area contributed by atoms with Crippen molar-refractivity contribution in [2.24, 2.45) is 5.41 Å². The summed E-state index contributed by atoms with van der Waals surface area (Å²) in [5, 5.41) is 0. The Labute approximate surface area is 243 Å². The summed E-state index contributed by atoms with van der Waals surface area (Å²) in [6.45, 7) is 10.7. The first-order valence-corrected chi connectivity index (χ1v) is 12.3. The van der Waals surface area contributed by atoms with E-state index in [2.05, 4.69) is 31.6 Å². The molecule has 0 aliphatic carbocycles. The van der Waals surface area contributed by atoms with E-state index in [1.54, 1.807) is 0 Å². The van der Waals surface area contributed by atoms with Gasteiger partial charge in [-0.05, 0) is 57.9 Å². The third-order valence-corrected chi connectivity index (χ3v) is 4.83. The van der Waals surface area contributed by atoms with Gasteiger partial charge in [0.1, 0.15) is 0 Å². The van der Waals surface area contributed by atoms with E-state index in [1.807, 2.05) is 20.8 Å². The van der Waals surface area contributed by atoms with Gasteiger partial charge in [-0.15, -0.1) is 6.42 Å². The molecule has 0 saturated carbocycles. The van der Waals surface area contributed by atoms with Crippen molar-refractivity contribution in [3.63, 3.8) is 0 Å². The van der Waals surface area contributed by atoms with Crippen LogP contribution in [-0.4, -0.2) is 13.2 Å². The van der Waals surface area contributed by atoms with E-state index in [0.717, 1.165) is 38.5 Å². The molecule has 0 bridgehead atoms. The van der Waals surface area contributed by atoms with Gasteiger partial charge in [-0.1, -0.05) is 57.3 Å². The Morgan fingerprint density at radius 2 is 1.16 bits per heavy atom. The number of halogens is 4. The average molecular weight is 529 g/mol. The molecule has 0 atom stereocenters. The SMILES string of the molecule is C#Cc1ccc(OCCCCC)c(F)c1F.CCCCCOc1ccc(C#CC(C)(C)C)c(F)c1F.[H-].[Na+]. The number of benzene rings is 2. The second-order valence-corrected chi connectivity index (χ2v) is 9.23. The first-order chi connectivity index (χ1) is 17.1. The summed E-state index contributed by atoms with van der Waals surface area (Å²) in [5.41, 5.74) is -0.269. The Bertz CT molecular complexity index is 1080. The summed E-state index contributed by atoms with van der Waals surface area (Å²) in [6, 6.07) is 5.61. The standard InChI is InChI=1S/C17H22F2O.C13H14F2O.Na.H/c1-5-6-7-12-20-14-9-8-13(15(18)16(14)19)10-11-17(2,3)4;1-3-5-6-9-16-11-8-7-10(4-2)12(14)13(11)15;;/h8-9H,5-7,12H2,1-4H3;2,7-8H,3,5-6,9H2,1H3;;/q;;+1;-1. The van der Waals surface area contributed by atoms with Crippen LogP contribution in [0.15, 0.2) is 24.3 Å².